The fourth-order valence-corrected chi connectivity index (χ4v) is 1.27. The van der Waals surface area contributed by atoms with Gasteiger partial charge in [0.1, 0.15) is 0 Å². The highest BCUT2D eigenvalue weighted by atomic mass is 35.5. The molecule has 0 bridgehead atoms. The Morgan fingerprint density at radius 2 is 2.20 bits per heavy atom. The summed E-state index contributed by atoms with van der Waals surface area (Å²) in [5.41, 5.74) is -2.64. The molecule has 0 amide bonds. The summed E-state index contributed by atoms with van der Waals surface area (Å²) in [7, 11) is 1.01. The summed E-state index contributed by atoms with van der Waals surface area (Å²) >= 11 is 5.51. The maximum absolute atomic E-state index is 12.5. The van der Waals surface area contributed by atoms with Gasteiger partial charge in [-0.2, -0.15) is 0 Å². The van der Waals surface area contributed by atoms with Crippen molar-refractivity contribution in [2.75, 3.05) is 7.11 Å². The zero-order chi connectivity index (χ0) is 11.6. The summed E-state index contributed by atoms with van der Waals surface area (Å²) in [6.07, 6.45) is -2.14. The number of H-pyrrole nitrogens is 1. The number of carbonyl (C=O) groups excluding carboxylic acids is 1. The average molecular weight is 238 g/mol. The van der Waals surface area contributed by atoms with E-state index in [2.05, 4.69) is 4.74 Å². The Morgan fingerprint density at radius 1 is 1.60 bits per heavy atom. The second kappa shape index (κ2) is 4.39. The molecule has 1 N–H and O–H groups in total. The molecule has 0 radical (unpaired) electrons. The summed E-state index contributed by atoms with van der Waals surface area (Å²) < 4.78 is 29.2. The molecule has 0 saturated heterocycles. The molecule has 1 aromatic rings. The number of halogens is 3. The number of aromatic nitrogens is 1. The van der Waals surface area contributed by atoms with Gasteiger partial charge in [-0.25, -0.2) is 13.6 Å². The van der Waals surface area contributed by atoms with Gasteiger partial charge in [0, 0.05) is 6.20 Å². The predicted molar refractivity (Wildman–Crippen MR) is 48.4 cm³/mol. The number of aromatic amines is 1. The number of esters is 1. The van der Waals surface area contributed by atoms with Crippen LogP contribution in [0.25, 0.3) is 0 Å². The van der Waals surface area contributed by atoms with E-state index in [0.29, 0.717) is 0 Å². The van der Waals surface area contributed by atoms with Gasteiger partial charge in [0.25, 0.3) is 12.0 Å². The van der Waals surface area contributed by atoms with E-state index in [-0.39, 0.29) is 5.02 Å². The highest BCUT2D eigenvalue weighted by Crippen LogP contribution is 2.24. The lowest BCUT2D eigenvalue weighted by atomic mass is 10.1. The van der Waals surface area contributed by atoms with E-state index in [1.54, 1.807) is 0 Å². The van der Waals surface area contributed by atoms with E-state index >= 15 is 0 Å². The van der Waals surface area contributed by atoms with Gasteiger partial charge in [0.2, 0.25) is 0 Å². The van der Waals surface area contributed by atoms with Gasteiger partial charge >= 0.3 is 5.97 Å². The minimum absolute atomic E-state index is 0.281. The van der Waals surface area contributed by atoms with Gasteiger partial charge in [-0.3, -0.25) is 4.79 Å². The first-order valence-electron chi connectivity index (χ1n) is 3.76. The number of carbonyl (C=O) groups is 1. The molecule has 1 rings (SSSR count). The Balaban J connectivity index is 3.52. The molecule has 82 valence electrons. The number of hydrogen-bond acceptors (Lipinski definition) is 3. The maximum Gasteiger partial charge on any atom is 0.340 e. The largest absolute Gasteiger partial charge is 0.465 e. The maximum atomic E-state index is 12.5. The second-order valence-corrected chi connectivity index (χ2v) is 2.95. The molecule has 0 aromatic carbocycles. The lowest BCUT2D eigenvalue weighted by Gasteiger charge is -2.07. The number of alkyl halides is 2. The van der Waals surface area contributed by atoms with Gasteiger partial charge in [-0.05, 0) is 0 Å². The molecule has 0 aliphatic carbocycles. The number of methoxy groups -OCH3 is 1. The van der Waals surface area contributed by atoms with Gasteiger partial charge in [-0.1, -0.05) is 11.6 Å². The Bertz CT molecular complexity index is 444. The predicted octanol–water partition coefficient (Wildman–Crippen LogP) is 1.75. The van der Waals surface area contributed by atoms with E-state index in [1.165, 1.54) is 0 Å². The Kier molecular flexibility index (Phi) is 3.41. The molecule has 0 fully saturated rings. The van der Waals surface area contributed by atoms with Gasteiger partial charge < -0.3 is 9.72 Å². The number of ether oxygens (including phenoxy) is 1. The number of hydrogen-bond donors (Lipinski definition) is 1. The minimum Gasteiger partial charge on any atom is -0.465 e. The van der Waals surface area contributed by atoms with Crippen LogP contribution in [0.3, 0.4) is 0 Å². The standard InChI is InChI=1S/C8H6ClF2NO3/c1-15-8(14)4-3(9)2-12-7(13)5(4)6(10)11/h2,6H,1H3,(H,12,13). The fraction of sp³-hybridized carbons (Fsp3) is 0.250. The zero-order valence-corrected chi connectivity index (χ0v) is 8.27. The van der Waals surface area contributed by atoms with Crippen molar-refractivity contribution in [2.24, 2.45) is 0 Å². The lowest BCUT2D eigenvalue weighted by Crippen LogP contribution is -2.19. The minimum atomic E-state index is -3.10. The van der Waals surface area contributed by atoms with Crippen LogP contribution in [0.2, 0.25) is 5.02 Å². The lowest BCUT2D eigenvalue weighted by molar-refractivity contribution is 0.0588. The highest BCUT2D eigenvalue weighted by Gasteiger charge is 2.25. The number of pyridine rings is 1. The third-order valence-electron chi connectivity index (χ3n) is 1.69. The van der Waals surface area contributed by atoms with Crippen molar-refractivity contribution < 1.29 is 18.3 Å². The van der Waals surface area contributed by atoms with Gasteiger partial charge in [0.05, 0.1) is 23.3 Å². The van der Waals surface area contributed by atoms with Crippen LogP contribution in [0.5, 0.6) is 0 Å². The van der Waals surface area contributed by atoms with Crippen LogP contribution >= 0.6 is 11.6 Å². The Morgan fingerprint density at radius 3 is 2.67 bits per heavy atom. The molecular weight excluding hydrogens is 232 g/mol. The molecule has 0 aliphatic rings. The first-order chi connectivity index (χ1) is 6.99. The van der Waals surface area contributed by atoms with Crippen LogP contribution < -0.4 is 5.56 Å². The van der Waals surface area contributed by atoms with Crippen molar-refractivity contribution in [2.45, 2.75) is 6.43 Å². The quantitative estimate of drug-likeness (QED) is 0.798. The first kappa shape index (κ1) is 11.6. The van der Waals surface area contributed by atoms with Gasteiger partial charge in [-0.15, -0.1) is 0 Å². The van der Waals surface area contributed by atoms with E-state index in [0.717, 1.165) is 13.3 Å². The smallest absolute Gasteiger partial charge is 0.340 e. The molecule has 0 unspecified atom stereocenters. The molecule has 0 saturated carbocycles. The molecule has 1 aromatic heterocycles. The summed E-state index contributed by atoms with van der Waals surface area (Å²) in [6.45, 7) is 0. The monoisotopic (exact) mass is 237 g/mol. The van der Waals surface area contributed by atoms with Crippen molar-refractivity contribution in [1.29, 1.82) is 0 Å². The molecule has 0 aliphatic heterocycles. The number of rotatable bonds is 2. The summed E-state index contributed by atoms with van der Waals surface area (Å²) in [4.78, 5) is 24.2. The van der Waals surface area contributed by atoms with E-state index in [1.807, 2.05) is 4.98 Å². The first-order valence-corrected chi connectivity index (χ1v) is 4.14. The Labute approximate surface area is 87.8 Å². The van der Waals surface area contributed by atoms with E-state index < -0.39 is 29.1 Å². The van der Waals surface area contributed by atoms with E-state index in [9.17, 15) is 18.4 Å². The molecule has 1 heterocycles. The summed E-state index contributed by atoms with van der Waals surface area (Å²) in [5, 5.41) is -0.281. The number of nitrogens with one attached hydrogen (secondary N) is 1. The van der Waals surface area contributed by atoms with Crippen LogP contribution in [0, 0.1) is 0 Å². The average Bonchev–Trinajstić information content (AvgIpc) is 2.19. The molecular formula is C8H6ClF2NO3. The molecule has 15 heavy (non-hydrogen) atoms. The summed E-state index contributed by atoms with van der Waals surface area (Å²) in [5.74, 6) is -1.07. The van der Waals surface area contributed by atoms with Crippen molar-refractivity contribution in [3.05, 3.63) is 32.7 Å². The Hall–Kier alpha value is -1.43. The van der Waals surface area contributed by atoms with Crippen molar-refractivity contribution in [3.63, 3.8) is 0 Å². The third kappa shape index (κ3) is 2.15. The molecule has 4 nitrogen and oxygen atoms in total. The van der Waals surface area contributed by atoms with Crippen molar-refractivity contribution in [1.82, 2.24) is 4.98 Å². The van der Waals surface area contributed by atoms with Crippen molar-refractivity contribution >= 4 is 17.6 Å². The molecule has 0 spiro atoms. The van der Waals surface area contributed by atoms with Crippen LogP contribution in [0.1, 0.15) is 22.3 Å². The molecule has 7 heteroatoms. The van der Waals surface area contributed by atoms with Crippen LogP contribution in [0.15, 0.2) is 11.0 Å². The zero-order valence-electron chi connectivity index (χ0n) is 7.51. The molecule has 0 atom stereocenters. The third-order valence-corrected chi connectivity index (χ3v) is 1.99. The fourth-order valence-electron chi connectivity index (χ4n) is 1.04. The van der Waals surface area contributed by atoms with E-state index in [4.69, 9.17) is 11.6 Å². The van der Waals surface area contributed by atoms with Crippen molar-refractivity contribution in [3.8, 4) is 0 Å². The van der Waals surface area contributed by atoms with Crippen LogP contribution in [0.4, 0.5) is 8.78 Å². The SMILES string of the molecule is COC(=O)c1c(Cl)c[nH]c(=O)c1C(F)F. The summed E-state index contributed by atoms with van der Waals surface area (Å²) in [6, 6.07) is 0. The topological polar surface area (TPSA) is 59.2 Å². The van der Waals surface area contributed by atoms with Crippen LogP contribution in [-0.4, -0.2) is 18.1 Å². The van der Waals surface area contributed by atoms with Gasteiger partial charge in [0.15, 0.2) is 0 Å². The highest BCUT2D eigenvalue weighted by molar-refractivity contribution is 6.33. The normalized spacial score (nSPS) is 10.5. The van der Waals surface area contributed by atoms with Crippen LogP contribution in [-0.2, 0) is 4.74 Å². The second-order valence-electron chi connectivity index (χ2n) is 2.55.